The van der Waals surface area contributed by atoms with Gasteiger partial charge >= 0.3 is 0 Å². The van der Waals surface area contributed by atoms with Gasteiger partial charge in [-0.25, -0.2) is 0 Å². The van der Waals surface area contributed by atoms with Gasteiger partial charge in [-0.15, -0.1) is 0 Å². The topological polar surface area (TPSA) is 13.1 Å². The van der Waals surface area contributed by atoms with Crippen molar-refractivity contribution < 1.29 is 18.1 Å². The normalized spacial score (nSPS) is 14.5. The lowest BCUT2D eigenvalue weighted by molar-refractivity contribution is 0.669. The number of benzene rings is 9. The van der Waals surface area contributed by atoms with Crippen LogP contribution in [0.25, 0.3) is 98.8 Å². The van der Waals surface area contributed by atoms with Crippen LogP contribution in [0.1, 0.15) is 13.7 Å². The second-order valence-corrected chi connectivity index (χ2v) is 12.1. The summed E-state index contributed by atoms with van der Waals surface area (Å²) in [5.74, 6) is 0. The predicted octanol–water partition coefficient (Wildman–Crippen LogP) is 13.7. The van der Waals surface area contributed by atoms with Gasteiger partial charge < -0.3 is 4.42 Å². The van der Waals surface area contributed by atoms with Crippen LogP contribution in [-0.4, -0.2) is 0 Å². The summed E-state index contributed by atoms with van der Waals surface area (Å²) < 4.78 is 89.8. The predicted molar refractivity (Wildman–Crippen MR) is 208 cm³/mol. The highest BCUT2D eigenvalue weighted by molar-refractivity contribution is 6.22. The standard InChI is InChI=1S/C48H30O/c1-3-12-31(13-4-1)33-16-11-17-36(26-33)47-39-18-7-9-20-41(39)48(42-21-10-8-19-40(42)47)37-24-25-45-43(28-37)44-29-38-27-34(32-14-5-2-6-15-32)22-23-35(38)30-46(44)49-45/h1-30H/i1D,2D,3D,4D,5D,6D,12D,13D,14D,15D. The molecule has 9 aromatic carbocycles. The fraction of sp³-hybridized carbons (Fsp3) is 0. The maximum atomic E-state index is 8.64. The van der Waals surface area contributed by atoms with E-state index < -0.39 is 12.1 Å². The van der Waals surface area contributed by atoms with Gasteiger partial charge in [0, 0.05) is 10.8 Å². The molecule has 1 heteroatoms. The van der Waals surface area contributed by atoms with Crippen molar-refractivity contribution in [2.75, 3.05) is 0 Å². The van der Waals surface area contributed by atoms with Crippen LogP contribution < -0.4 is 0 Å². The minimum atomic E-state index is -0.427. The first kappa shape index (κ1) is 19.4. The Hall–Kier alpha value is -6.44. The Labute approximate surface area is 298 Å². The highest BCUT2D eigenvalue weighted by Crippen LogP contribution is 2.45. The quantitative estimate of drug-likeness (QED) is 0.176. The third kappa shape index (κ3) is 4.55. The highest BCUT2D eigenvalue weighted by atomic mass is 16.3. The van der Waals surface area contributed by atoms with E-state index in [0.717, 1.165) is 65.3 Å². The molecule has 228 valence electrons. The first-order valence-electron chi connectivity index (χ1n) is 21.0. The van der Waals surface area contributed by atoms with Crippen molar-refractivity contribution in [1.82, 2.24) is 0 Å². The molecule has 0 fully saturated rings. The SMILES string of the molecule is [2H]c1c([2H])c([2H])c(-c2cccc(-c3c4ccccc4c(-c4ccc5oc6cc7ccc(-c8c([2H])c([2H])c([2H])c([2H])c8[2H])cc7cc6c5c4)c4ccccc34)c2)c([2H])c1[2H]. The smallest absolute Gasteiger partial charge is 0.136 e. The molecule has 1 heterocycles. The second kappa shape index (κ2) is 11.1. The molecule has 1 aromatic heterocycles. The molecule has 0 atom stereocenters. The van der Waals surface area contributed by atoms with Crippen LogP contribution in [0.3, 0.4) is 0 Å². The van der Waals surface area contributed by atoms with Crippen LogP contribution in [0, 0.1) is 0 Å². The van der Waals surface area contributed by atoms with Gasteiger partial charge in [0.1, 0.15) is 11.2 Å². The average Bonchev–Trinajstić information content (AvgIpc) is 3.61. The third-order valence-electron chi connectivity index (χ3n) is 9.38. The number of hydrogen-bond donors (Lipinski definition) is 0. The van der Waals surface area contributed by atoms with Crippen molar-refractivity contribution in [3.63, 3.8) is 0 Å². The van der Waals surface area contributed by atoms with Crippen molar-refractivity contribution in [2.24, 2.45) is 0 Å². The second-order valence-electron chi connectivity index (χ2n) is 12.1. The molecule has 0 N–H and O–H groups in total. The van der Waals surface area contributed by atoms with Gasteiger partial charge in [-0.1, -0.05) is 145 Å². The summed E-state index contributed by atoms with van der Waals surface area (Å²) in [7, 11) is 0. The molecule has 0 aliphatic heterocycles. The molecular formula is C48H30O. The van der Waals surface area contributed by atoms with Gasteiger partial charge in [-0.05, 0) is 113 Å². The van der Waals surface area contributed by atoms with E-state index >= 15 is 0 Å². The van der Waals surface area contributed by atoms with E-state index in [1.54, 1.807) is 12.1 Å². The minimum absolute atomic E-state index is 0.153. The van der Waals surface area contributed by atoms with Crippen LogP contribution >= 0.6 is 0 Å². The van der Waals surface area contributed by atoms with E-state index in [1.807, 2.05) is 72.8 Å². The van der Waals surface area contributed by atoms with E-state index in [9.17, 15) is 0 Å². The Bertz CT molecular complexity index is 3350. The summed E-state index contributed by atoms with van der Waals surface area (Å²) in [6, 6.07) is 36.3. The van der Waals surface area contributed by atoms with Crippen molar-refractivity contribution in [1.29, 1.82) is 0 Å². The zero-order valence-electron chi connectivity index (χ0n) is 36.0. The molecule has 10 aromatic rings. The Morgan fingerprint density at radius 1 is 0.327 bits per heavy atom. The molecule has 0 aliphatic carbocycles. The van der Waals surface area contributed by atoms with Gasteiger partial charge in [0.2, 0.25) is 0 Å². The first-order valence-corrected chi connectivity index (χ1v) is 16.0. The van der Waals surface area contributed by atoms with Crippen LogP contribution in [0.15, 0.2) is 186 Å². The van der Waals surface area contributed by atoms with Crippen LogP contribution in [0.5, 0.6) is 0 Å². The Kier molecular flexibility index (Phi) is 4.39. The van der Waals surface area contributed by atoms with Gasteiger partial charge in [-0.2, -0.15) is 0 Å². The average molecular weight is 633 g/mol. The summed E-state index contributed by atoms with van der Waals surface area (Å²) in [5, 5.41) is 7.49. The zero-order valence-corrected chi connectivity index (χ0v) is 26.0. The van der Waals surface area contributed by atoms with Crippen molar-refractivity contribution in [3.8, 4) is 44.5 Å². The first-order chi connectivity index (χ1) is 28.4. The van der Waals surface area contributed by atoms with E-state index in [0.29, 0.717) is 22.3 Å². The summed E-state index contributed by atoms with van der Waals surface area (Å²) in [5.41, 5.74) is 6.58. The van der Waals surface area contributed by atoms with E-state index in [-0.39, 0.29) is 59.5 Å². The molecular weight excluding hydrogens is 593 g/mol. The summed E-state index contributed by atoms with van der Waals surface area (Å²) >= 11 is 0. The maximum absolute atomic E-state index is 8.64. The molecule has 0 aliphatic rings. The fourth-order valence-corrected chi connectivity index (χ4v) is 7.20. The summed E-state index contributed by atoms with van der Waals surface area (Å²) in [6.45, 7) is 0. The van der Waals surface area contributed by atoms with Crippen LogP contribution in [0.4, 0.5) is 0 Å². The molecule has 49 heavy (non-hydrogen) atoms. The monoisotopic (exact) mass is 632 g/mol. The zero-order chi connectivity index (χ0) is 41.0. The summed E-state index contributed by atoms with van der Waals surface area (Å²) in [6.07, 6.45) is 0. The lowest BCUT2D eigenvalue weighted by Crippen LogP contribution is -1.91. The molecule has 10 rings (SSSR count). The fourth-order valence-electron chi connectivity index (χ4n) is 7.20. The highest BCUT2D eigenvalue weighted by Gasteiger charge is 2.18. The molecule has 0 amide bonds. The van der Waals surface area contributed by atoms with Gasteiger partial charge in [0.05, 0.1) is 13.7 Å². The summed E-state index contributed by atoms with van der Waals surface area (Å²) in [4.78, 5) is 0. The van der Waals surface area contributed by atoms with Gasteiger partial charge in [-0.3, -0.25) is 0 Å². The van der Waals surface area contributed by atoms with E-state index in [1.165, 1.54) is 0 Å². The van der Waals surface area contributed by atoms with Gasteiger partial charge in [0.25, 0.3) is 0 Å². The molecule has 0 unspecified atom stereocenters. The third-order valence-corrected chi connectivity index (χ3v) is 9.38. The largest absolute Gasteiger partial charge is 0.456 e. The van der Waals surface area contributed by atoms with Crippen LogP contribution in [-0.2, 0) is 0 Å². The van der Waals surface area contributed by atoms with Crippen molar-refractivity contribution in [2.45, 2.75) is 0 Å². The Morgan fingerprint density at radius 2 is 0.857 bits per heavy atom. The molecule has 1 nitrogen and oxygen atoms in total. The minimum Gasteiger partial charge on any atom is -0.456 e. The van der Waals surface area contributed by atoms with Crippen molar-refractivity contribution >= 4 is 54.3 Å². The lowest BCUT2D eigenvalue weighted by Gasteiger charge is -2.18. The molecule has 0 radical (unpaired) electrons. The molecule has 0 saturated heterocycles. The van der Waals surface area contributed by atoms with Gasteiger partial charge in [0.15, 0.2) is 0 Å². The Balaban J connectivity index is 1.17. The molecule has 0 spiro atoms. The van der Waals surface area contributed by atoms with Crippen molar-refractivity contribution in [3.05, 3.63) is 182 Å². The lowest BCUT2D eigenvalue weighted by atomic mass is 9.85. The number of fused-ring (bicyclic) bond motifs is 6. The van der Waals surface area contributed by atoms with Crippen LogP contribution in [0.2, 0.25) is 0 Å². The molecule has 0 bridgehead atoms. The molecule has 0 saturated carbocycles. The number of hydrogen-bond acceptors (Lipinski definition) is 1. The Morgan fingerprint density at radius 3 is 1.49 bits per heavy atom. The van der Waals surface area contributed by atoms with E-state index in [4.69, 9.17) is 18.1 Å². The number of rotatable bonds is 4. The maximum Gasteiger partial charge on any atom is 0.136 e. The number of furan rings is 1. The van der Waals surface area contributed by atoms with E-state index in [2.05, 4.69) is 36.4 Å².